The van der Waals surface area contributed by atoms with E-state index < -0.39 is 22.4 Å². The Morgan fingerprint density at radius 1 is 1.24 bits per heavy atom. The van der Waals surface area contributed by atoms with Gasteiger partial charge in [-0.25, -0.2) is 0 Å². The number of nitro groups is 1. The number of rotatable bonds is 3. The van der Waals surface area contributed by atoms with Crippen molar-refractivity contribution in [3.8, 4) is 5.75 Å². The number of non-ortho nitro benzene ring substituents is 1. The van der Waals surface area contributed by atoms with E-state index in [0.717, 1.165) is 12.1 Å². The van der Waals surface area contributed by atoms with E-state index in [4.69, 9.17) is 10.5 Å². The number of nitrogens with zero attached hydrogens (tertiary/aromatic N) is 1. The van der Waals surface area contributed by atoms with Crippen molar-refractivity contribution in [1.29, 1.82) is 0 Å². The molecule has 0 radical (unpaired) electrons. The van der Waals surface area contributed by atoms with Crippen molar-refractivity contribution in [2.24, 2.45) is 5.73 Å². The Morgan fingerprint density at radius 3 is 2.38 bits per heavy atom. The summed E-state index contributed by atoms with van der Waals surface area (Å²) in [6.07, 6.45) is -2.50. The summed E-state index contributed by atoms with van der Waals surface area (Å²) < 4.78 is 44.4. The second-order valence-corrected chi connectivity index (χ2v) is 5.09. The molecule has 0 aromatic heterocycles. The lowest BCUT2D eigenvalue weighted by Gasteiger charge is -2.27. The van der Waals surface area contributed by atoms with Gasteiger partial charge in [-0.1, -0.05) is 0 Å². The van der Waals surface area contributed by atoms with Crippen LogP contribution in [0.15, 0.2) is 18.2 Å². The maximum Gasteiger partial charge on any atom is 0.420 e. The molecule has 0 bridgehead atoms. The monoisotopic (exact) mass is 304 g/mol. The zero-order valence-corrected chi connectivity index (χ0v) is 11.1. The Kier molecular flexibility index (Phi) is 4.36. The molecule has 5 nitrogen and oxygen atoms in total. The van der Waals surface area contributed by atoms with E-state index in [2.05, 4.69) is 0 Å². The van der Waals surface area contributed by atoms with Crippen LogP contribution in [0.3, 0.4) is 0 Å². The van der Waals surface area contributed by atoms with Gasteiger partial charge in [-0.2, -0.15) is 13.2 Å². The molecule has 1 aliphatic carbocycles. The molecule has 116 valence electrons. The number of nitro benzene ring substituents is 1. The molecule has 1 fully saturated rings. The number of hydrogen-bond acceptors (Lipinski definition) is 4. The van der Waals surface area contributed by atoms with Crippen molar-refractivity contribution in [3.63, 3.8) is 0 Å². The standard InChI is InChI=1S/C13H15F3N2O3/c14-13(15,16)11-7-9(18(19)20)3-6-12(11)21-10-4-1-8(17)2-5-10/h3,6-8,10H,1-2,4-5,17H2. The second kappa shape index (κ2) is 5.88. The summed E-state index contributed by atoms with van der Waals surface area (Å²) >= 11 is 0. The van der Waals surface area contributed by atoms with Crippen LogP contribution in [0.5, 0.6) is 5.75 Å². The SMILES string of the molecule is NC1CCC(Oc2ccc([N+](=O)[O-])cc2C(F)(F)F)CC1. The minimum Gasteiger partial charge on any atom is -0.490 e. The average Bonchev–Trinajstić information content (AvgIpc) is 2.40. The number of halogens is 3. The zero-order chi connectivity index (χ0) is 15.6. The highest BCUT2D eigenvalue weighted by molar-refractivity contribution is 5.45. The van der Waals surface area contributed by atoms with Crippen LogP contribution in [-0.4, -0.2) is 17.1 Å². The third-order valence-electron chi connectivity index (χ3n) is 3.49. The van der Waals surface area contributed by atoms with Gasteiger partial charge in [0.25, 0.3) is 5.69 Å². The van der Waals surface area contributed by atoms with Crippen molar-refractivity contribution in [2.75, 3.05) is 0 Å². The summed E-state index contributed by atoms with van der Waals surface area (Å²) in [7, 11) is 0. The Balaban J connectivity index is 2.24. The van der Waals surface area contributed by atoms with Crippen LogP contribution >= 0.6 is 0 Å². The molecule has 1 aliphatic rings. The molecular formula is C13H15F3N2O3. The Bertz CT molecular complexity index is 526. The van der Waals surface area contributed by atoms with Gasteiger partial charge in [0.1, 0.15) is 11.3 Å². The molecule has 0 atom stereocenters. The molecule has 0 heterocycles. The van der Waals surface area contributed by atoms with Crippen molar-refractivity contribution in [3.05, 3.63) is 33.9 Å². The summed E-state index contributed by atoms with van der Waals surface area (Å²) in [5.41, 5.74) is 4.00. The highest BCUT2D eigenvalue weighted by Gasteiger charge is 2.37. The Labute approximate surface area is 119 Å². The molecule has 0 unspecified atom stereocenters. The minimum absolute atomic E-state index is 0.0591. The second-order valence-electron chi connectivity index (χ2n) is 5.09. The largest absolute Gasteiger partial charge is 0.490 e. The number of benzene rings is 1. The molecule has 2 rings (SSSR count). The smallest absolute Gasteiger partial charge is 0.420 e. The van der Waals surface area contributed by atoms with Crippen LogP contribution in [0.2, 0.25) is 0 Å². The van der Waals surface area contributed by atoms with Crippen LogP contribution in [0.25, 0.3) is 0 Å². The number of ether oxygens (including phenoxy) is 1. The molecule has 0 spiro atoms. The highest BCUT2D eigenvalue weighted by atomic mass is 19.4. The minimum atomic E-state index is -4.70. The molecule has 0 amide bonds. The summed E-state index contributed by atoms with van der Waals surface area (Å²) in [5, 5.41) is 10.6. The Hall–Kier alpha value is -1.83. The third kappa shape index (κ3) is 3.84. The van der Waals surface area contributed by atoms with Crippen molar-refractivity contribution < 1.29 is 22.8 Å². The lowest BCUT2D eigenvalue weighted by atomic mass is 9.93. The van der Waals surface area contributed by atoms with Gasteiger partial charge in [-0.15, -0.1) is 0 Å². The van der Waals surface area contributed by atoms with E-state index in [0.29, 0.717) is 31.7 Å². The van der Waals surface area contributed by atoms with Crippen LogP contribution in [0, 0.1) is 10.1 Å². The molecule has 0 saturated heterocycles. The first-order chi connectivity index (χ1) is 9.77. The Morgan fingerprint density at radius 2 is 1.86 bits per heavy atom. The molecule has 1 aromatic carbocycles. The zero-order valence-electron chi connectivity index (χ0n) is 11.1. The maximum absolute atomic E-state index is 13.0. The number of alkyl halides is 3. The van der Waals surface area contributed by atoms with Gasteiger partial charge in [0.15, 0.2) is 0 Å². The van der Waals surface area contributed by atoms with Crippen molar-refractivity contribution in [2.45, 2.75) is 44.0 Å². The van der Waals surface area contributed by atoms with E-state index in [1.165, 1.54) is 0 Å². The third-order valence-corrected chi connectivity index (χ3v) is 3.49. The molecule has 1 aromatic rings. The summed E-state index contributed by atoms with van der Waals surface area (Å²) in [4.78, 5) is 9.74. The fourth-order valence-electron chi connectivity index (χ4n) is 2.34. The van der Waals surface area contributed by atoms with E-state index >= 15 is 0 Å². The molecule has 8 heteroatoms. The molecule has 0 aliphatic heterocycles. The highest BCUT2D eigenvalue weighted by Crippen LogP contribution is 2.39. The van der Waals surface area contributed by atoms with Gasteiger partial charge < -0.3 is 10.5 Å². The van der Waals surface area contributed by atoms with Crippen LogP contribution in [0.4, 0.5) is 18.9 Å². The lowest BCUT2D eigenvalue weighted by Crippen LogP contribution is -2.32. The predicted octanol–water partition coefficient (Wildman–Crippen LogP) is 3.26. The van der Waals surface area contributed by atoms with Crippen LogP contribution in [0.1, 0.15) is 31.2 Å². The summed E-state index contributed by atoms with van der Waals surface area (Å²) in [6.45, 7) is 0. The number of hydrogen-bond donors (Lipinski definition) is 1. The van der Waals surface area contributed by atoms with E-state index in [1.807, 2.05) is 0 Å². The number of nitrogens with two attached hydrogens (primary N) is 1. The maximum atomic E-state index is 13.0. The predicted molar refractivity (Wildman–Crippen MR) is 69.0 cm³/mol. The quantitative estimate of drug-likeness (QED) is 0.686. The van der Waals surface area contributed by atoms with Gasteiger partial charge in [-0.05, 0) is 31.7 Å². The van der Waals surface area contributed by atoms with E-state index in [-0.39, 0.29) is 17.9 Å². The summed E-state index contributed by atoms with van der Waals surface area (Å²) in [5.74, 6) is -0.367. The van der Waals surface area contributed by atoms with Crippen molar-refractivity contribution >= 4 is 5.69 Å². The van der Waals surface area contributed by atoms with Gasteiger partial charge in [0.05, 0.1) is 11.0 Å². The van der Waals surface area contributed by atoms with Crippen molar-refractivity contribution in [1.82, 2.24) is 0 Å². The van der Waals surface area contributed by atoms with Gasteiger partial charge in [-0.3, -0.25) is 10.1 Å². The van der Waals surface area contributed by atoms with E-state index in [1.54, 1.807) is 0 Å². The van der Waals surface area contributed by atoms with Gasteiger partial charge in [0, 0.05) is 18.2 Å². The van der Waals surface area contributed by atoms with Gasteiger partial charge in [0.2, 0.25) is 0 Å². The van der Waals surface area contributed by atoms with Crippen LogP contribution < -0.4 is 10.5 Å². The van der Waals surface area contributed by atoms with Crippen LogP contribution in [-0.2, 0) is 6.18 Å². The first kappa shape index (κ1) is 15.6. The topological polar surface area (TPSA) is 78.4 Å². The lowest BCUT2D eigenvalue weighted by molar-refractivity contribution is -0.385. The molecule has 21 heavy (non-hydrogen) atoms. The fourth-order valence-corrected chi connectivity index (χ4v) is 2.34. The first-order valence-corrected chi connectivity index (χ1v) is 6.55. The fraction of sp³-hybridized carbons (Fsp3) is 0.538. The van der Waals surface area contributed by atoms with Gasteiger partial charge >= 0.3 is 6.18 Å². The average molecular weight is 304 g/mol. The first-order valence-electron chi connectivity index (χ1n) is 6.55. The van der Waals surface area contributed by atoms with E-state index in [9.17, 15) is 23.3 Å². The summed E-state index contributed by atoms with van der Waals surface area (Å²) in [6, 6.07) is 2.59. The normalized spacial score (nSPS) is 22.9. The molecular weight excluding hydrogens is 289 g/mol. The molecule has 2 N–H and O–H groups in total. The molecule has 1 saturated carbocycles.